The van der Waals surface area contributed by atoms with Crippen molar-refractivity contribution < 1.29 is 0 Å². The molecule has 2 radical (unpaired) electrons. The zero-order chi connectivity index (χ0) is 6.53. The van der Waals surface area contributed by atoms with E-state index in [0.717, 1.165) is 13.0 Å². The first-order valence-electron chi connectivity index (χ1n) is 3.53. The molecule has 0 aromatic heterocycles. The van der Waals surface area contributed by atoms with E-state index in [1.54, 1.807) is 0 Å². The SMILES string of the molecule is C=CCN1[C]CCCC1. The number of likely N-dealkylation sites (tertiary alicyclic amines) is 1. The molecule has 0 aromatic rings. The van der Waals surface area contributed by atoms with Crippen LogP contribution in [0.15, 0.2) is 12.7 Å². The molecular formula is C8H13N. The van der Waals surface area contributed by atoms with E-state index in [9.17, 15) is 0 Å². The lowest BCUT2D eigenvalue weighted by molar-refractivity contribution is 0.308. The van der Waals surface area contributed by atoms with Gasteiger partial charge in [0.05, 0.1) is 6.54 Å². The molecule has 0 N–H and O–H groups in total. The van der Waals surface area contributed by atoms with E-state index in [2.05, 4.69) is 18.0 Å². The van der Waals surface area contributed by atoms with Crippen LogP contribution in [0, 0.1) is 6.54 Å². The van der Waals surface area contributed by atoms with Crippen LogP contribution in [-0.2, 0) is 0 Å². The fraction of sp³-hybridized carbons (Fsp3) is 0.625. The van der Waals surface area contributed by atoms with Crippen LogP contribution in [0.4, 0.5) is 0 Å². The Morgan fingerprint density at radius 1 is 1.56 bits per heavy atom. The van der Waals surface area contributed by atoms with Crippen molar-refractivity contribution in [3.8, 4) is 0 Å². The third kappa shape index (κ3) is 2.19. The van der Waals surface area contributed by atoms with E-state index >= 15 is 0 Å². The van der Waals surface area contributed by atoms with Crippen molar-refractivity contribution >= 4 is 0 Å². The smallest absolute Gasteiger partial charge is 0.0618 e. The van der Waals surface area contributed by atoms with E-state index in [1.165, 1.54) is 19.4 Å². The summed E-state index contributed by atoms with van der Waals surface area (Å²) < 4.78 is 0. The van der Waals surface area contributed by atoms with Crippen molar-refractivity contribution in [1.82, 2.24) is 4.90 Å². The van der Waals surface area contributed by atoms with Gasteiger partial charge in [0.2, 0.25) is 0 Å². The van der Waals surface area contributed by atoms with Gasteiger partial charge in [-0.15, -0.1) is 6.58 Å². The van der Waals surface area contributed by atoms with Gasteiger partial charge in [-0.1, -0.05) is 12.5 Å². The lowest BCUT2D eigenvalue weighted by Crippen LogP contribution is -2.25. The van der Waals surface area contributed by atoms with Gasteiger partial charge in [0, 0.05) is 6.54 Å². The Morgan fingerprint density at radius 2 is 2.44 bits per heavy atom. The fourth-order valence-corrected chi connectivity index (χ4v) is 1.06. The third-order valence-corrected chi connectivity index (χ3v) is 1.54. The lowest BCUT2D eigenvalue weighted by atomic mass is 10.1. The Morgan fingerprint density at radius 3 is 3.00 bits per heavy atom. The quantitative estimate of drug-likeness (QED) is 0.505. The highest BCUT2D eigenvalue weighted by Gasteiger charge is 2.07. The minimum Gasteiger partial charge on any atom is -0.290 e. The molecule has 0 amide bonds. The summed E-state index contributed by atoms with van der Waals surface area (Å²) in [4.78, 5) is 2.20. The van der Waals surface area contributed by atoms with Crippen LogP contribution < -0.4 is 0 Å². The fourth-order valence-electron chi connectivity index (χ4n) is 1.06. The Labute approximate surface area is 57.4 Å². The zero-order valence-corrected chi connectivity index (χ0v) is 5.77. The normalized spacial score (nSPS) is 21.8. The molecule has 9 heavy (non-hydrogen) atoms. The molecule has 1 fully saturated rings. The highest BCUT2D eigenvalue weighted by molar-refractivity contribution is 4.81. The maximum Gasteiger partial charge on any atom is 0.0618 e. The molecule has 1 rings (SSSR count). The average molecular weight is 123 g/mol. The molecule has 0 atom stereocenters. The Kier molecular flexibility index (Phi) is 2.78. The molecule has 50 valence electrons. The predicted octanol–water partition coefficient (Wildman–Crippen LogP) is 1.70. The highest BCUT2D eigenvalue weighted by Crippen LogP contribution is 2.11. The summed E-state index contributed by atoms with van der Waals surface area (Å²) in [5, 5.41) is 0. The molecular weight excluding hydrogens is 110 g/mol. The number of piperidine rings is 1. The molecule has 1 aliphatic rings. The molecule has 0 aliphatic carbocycles. The number of rotatable bonds is 2. The van der Waals surface area contributed by atoms with Crippen molar-refractivity contribution in [2.45, 2.75) is 19.3 Å². The monoisotopic (exact) mass is 123 g/mol. The summed E-state index contributed by atoms with van der Waals surface area (Å²) in [7, 11) is 0. The number of hydrogen-bond acceptors (Lipinski definition) is 1. The second-order valence-electron chi connectivity index (χ2n) is 2.35. The van der Waals surface area contributed by atoms with Crippen LogP contribution in [0.2, 0.25) is 0 Å². The summed E-state index contributed by atoms with van der Waals surface area (Å²) in [6.07, 6.45) is 5.70. The van der Waals surface area contributed by atoms with Gasteiger partial charge < -0.3 is 0 Å². The van der Waals surface area contributed by atoms with Crippen molar-refractivity contribution in [2.75, 3.05) is 13.1 Å². The zero-order valence-electron chi connectivity index (χ0n) is 5.77. The van der Waals surface area contributed by atoms with E-state index in [1.807, 2.05) is 6.08 Å². The minimum atomic E-state index is 0.972. The first-order valence-corrected chi connectivity index (χ1v) is 3.53. The minimum absolute atomic E-state index is 0.972. The van der Waals surface area contributed by atoms with Crippen molar-refractivity contribution in [1.29, 1.82) is 0 Å². The molecule has 1 saturated heterocycles. The standard InChI is InChI=1S/C8H13N/c1-2-6-9-7-4-3-5-8-9/h2H,1,3-7H2. The number of nitrogens with zero attached hydrogens (tertiary/aromatic N) is 1. The maximum atomic E-state index is 3.67. The van der Waals surface area contributed by atoms with E-state index in [0.29, 0.717) is 0 Å². The topological polar surface area (TPSA) is 3.24 Å². The van der Waals surface area contributed by atoms with Gasteiger partial charge in [-0.2, -0.15) is 0 Å². The summed E-state index contributed by atoms with van der Waals surface area (Å²) in [6, 6.07) is 0. The molecule has 0 unspecified atom stereocenters. The van der Waals surface area contributed by atoms with Gasteiger partial charge in [-0.3, -0.25) is 4.90 Å². The first kappa shape index (κ1) is 6.81. The van der Waals surface area contributed by atoms with E-state index < -0.39 is 0 Å². The van der Waals surface area contributed by atoms with Crippen molar-refractivity contribution in [3.05, 3.63) is 19.2 Å². The second kappa shape index (κ2) is 3.67. The van der Waals surface area contributed by atoms with Crippen LogP contribution in [0.25, 0.3) is 0 Å². The maximum absolute atomic E-state index is 3.67. The van der Waals surface area contributed by atoms with Crippen LogP contribution >= 0.6 is 0 Å². The van der Waals surface area contributed by atoms with Gasteiger partial charge in [0.15, 0.2) is 0 Å². The largest absolute Gasteiger partial charge is 0.290 e. The van der Waals surface area contributed by atoms with Gasteiger partial charge >= 0.3 is 0 Å². The molecule has 1 heterocycles. The van der Waals surface area contributed by atoms with Crippen LogP contribution in [0.1, 0.15) is 19.3 Å². The lowest BCUT2D eigenvalue weighted by Gasteiger charge is -2.23. The summed E-state index contributed by atoms with van der Waals surface area (Å²) in [6.45, 7) is 9.10. The van der Waals surface area contributed by atoms with Gasteiger partial charge in [-0.25, -0.2) is 0 Å². The van der Waals surface area contributed by atoms with Crippen LogP contribution in [0.3, 0.4) is 0 Å². The molecule has 0 saturated carbocycles. The van der Waals surface area contributed by atoms with Gasteiger partial charge in [0.1, 0.15) is 0 Å². The Balaban J connectivity index is 2.15. The molecule has 0 bridgehead atoms. The van der Waals surface area contributed by atoms with Gasteiger partial charge in [0.25, 0.3) is 0 Å². The van der Waals surface area contributed by atoms with Crippen molar-refractivity contribution in [2.24, 2.45) is 0 Å². The first-order chi connectivity index (χ1) is 4.43. The van der Waals surface area contributed by atoms with Crippen LogP contribution in [-0.4, -0.2) is 18.0 Å². The summed E-state index contributed by atoms with van der Waals surface area (Å²) in [5.41, 5.74) is 0. The second-order valence-corrected chi connectivity index (χ2v) is 2.35. The summed E-state index contributed by atoms with van der Waals surface area (Å²) >= 11 is 0. The van der Waals surface area contributed by atoms with Crippen molar-refractivity contribution in [3.63, 3.8) is 0 Å². The van der Waals surface area contributed by atoms with E-state index in [4.69, 9.17) is 0 Å². The predicted molar refractivity (Wildman–Crippen MR) is 38.9 cm³/mol. The molecule has 0 spiro atoms. The molecule has 1 heteroatoms. The van der Waals surface area contributed by atoms with E-state index in [-0.39, 0.29) is 0 Å². The number of hydrogen-bond donors (Lipinski definition) is 0. The Hall–Kier alpha value is -0.300. The third-order valence-electron chi connectivity index (χ3n) is 1.54. The van der Waals surface area contributed by atoms with Crippen LogP contribution in [0.5, 0.6) is 0 Å². The Bertz CT molecular complexity index is 82.6. The van der Waals surface area contributed by atoms with Gasteiger partial charge in [-0.05, 0) is 19.4 Å². The summed E-state index contributed by atoms with van der Waals surface area (Å²) in [5.74, 6) is 0. The highest BCUT2D eigenvalue weighted by atomic mass is 15.1. The molecule has 1 nitrogen and oxygen atoms in total. The molecule has 1 aliphatic heterocycles. The average Bonchev–Trinajstić information content (AvgIpc) is 1.91. The molecule has 0 aromatic carbocycles.